The smallest absolute Gasteiger partial charge is 0.238 e. The maximum absolute atomic E-state index is 11.5. The second-order valence-electron chi connectivity index (χ2n) is 3.89. The molecule has 1 rings (SSSR count). The second-order valence-corrected chi connectivity index (χ2v) is 3.89. The zero-order chi connectivity index (χ0) is 11.3. The van der Waals surface area contributed by atoms with Crippen LogP contribution in [0.25, 0.3) is 0 Å². The number of carbonyl (C=O) groups is 1. The monoisotopic (exact) mass is 210 g/mol. The van der Waals surface area contributed by atoms with E-state index in [1.54, 1.807) is 7.11 Å². The van der Waals surface area contributed by atoms with Crippen LogP contribution in [0.2, 0.25) is 0 Å². The predicted molar refractivity (Wildman–Crippen MR) is 58.0 cm³/mol. The quantitative estimate of drug-likeness (QED) is 0.643. The molecule has 0 saturated heterocycles. The first-order valence-electron chi connectivity index (χ1n) is 5.19. The molecule has 1 fully saturated rings. The lowest BCUT2D eigenvalue weighted by atomic mass is 10.2. The van der Waals surface area contributed by atoms with Crippen LogP contribution in [0, 0.1) is 12.3 Å². The molecule has 3 atom stereocenters. The third-order valence-electron chi connectivity index (χ3n) is 2.74. The summed E-state index contributed by atoms with van der Waals surface area (Å²) in [6.07, 6.45) is 8.45. The van der Waals surface area contributed by atoms with Gasteiger partial charge in [0.2, 0.25) is 5.91 Å². The summed E-state index contributed by atoms with van der Waals surface area (Å²) < 4.78 is 5.22. The lowest BCUT2D eigenvalue weighted by molar-refractivity contribution is -0.122. The summed E-state index contributed by atoms with van der Waals surface area (Å²) in [5.41, 5.74) is 5.59. The van der Waals surface area contributed by atoms with Crippen LogP contribution in [0.15, 0.2) is 0 Å². The molecular formula is C11H18N2O2. The van der Waals surface area contributed by atoms with Crippen molar-refractivity contribution >= 4 is 5.91 Å². The summed E-state index contributed by atoms with van der Waals surface area (Å²) in [6, 6.07) is -0.400. The van der Waals surface area contributed by atoms with Crippen molar-refractivity contribution < 1.29 is 9.53 Å². The highest BCUT2D eigenvalue weighted by atomic mass is 16.5. The van der Waals surface area contributed by atoms with Crippen LogP contribution in [0.4, 0.5) is 0 Å². The zero-order valence-electron chi connectivity index (χ0n) is 9.03. The minimum atomic E-state index is -0.586. The van der Waals surface area contributed by atoms with Gasteiger partial charge in [-0.15, -0.1) is 12.3 Å². The van der Waals surface area contributed by atoms with Gasteiger partial charge in [0, 0.05) is 19.6 Å². The van der Waals surface area contributed by atoms with E-state index in [4.69, 9.17) is 16.9 Å². The van der Waals surface area contributed by atoms with Crippen LogP contribution < -0.4 is 11.1 Å². The fourth-order valence-electron chi connectivity index (χ4n) is 1.81. The lowest BCUT2D eigenvalue weighted by Gasteiger charge is -2.15. The van der Waals surface area contributed by atoms with Crippen molar-refractivity contribution in [2.45, 2.75) is 43.9 Å². The normalized spacial score (nSPS) is 27.0. The zero-order valence-corrected chi connectivity index (χ0v) is 9.03. The molecule has 0 aromatic carbocycles. The number of nitrogens with two attached hydrogens (primary N) is 1. The Hall–Kier alpha value is -1.05. The molecule has 0 spiro atoms. The molecule has 0 radical (unpaired) electrons. The van der Waals surface area contributed by atoms with Gasteiger partial charge in [-0.1, -0.05) is 0 Å². The van der Waals surface area contributed by atoms with Crippen LogP contribution in [-0.4, -0.2) is 31.2 Å². The molecular weight excluding hydrogens is 192 g/mol. The van der Waals surface area contributed by atoms with E-state index >= 15 is 0 Å². The molecule has 1 amide bonds. The Kier molecular flexibility index (Phi) is 4.60. The maximum Gasteiger partial charge on any atom is 0.238 e. The van der Waals surface area contributed by atoms with Crippen molar-refractivity contribution in [3.8, 4) is 12.3 Å². The molecule has 4 heteroatoms. The summed E-state index contributed by atoms with van der Waals surface area (Å²) in [6.45, 7) is 0. The van der Waals surface area contributed by atoms with Crippen LogP contribution in [-0.2, 0) is 9.53 Å². The topological polar surface area (TPSA) is 64.4 Å². The number of methoxy groups -OCH3 is 1. The molecule has 0 bridgehead atoms. The largest absolute Gasteiger partial charge is 0.381 e. The van der Waals surface area contributed by atoms with Gasteiger partial charge in [0.1, 0.15) is 0 Å². The third kappa shape index (κ3) is 3.54. The van der Waals surface area contributed by atoms with Crippen molar-refractivity contribution in [2.75, 3.05) is 7.11 Å². The summed E-state index contributed by atoms with van der Waals surface area (Å²) in [4.78, 5) is 11.5. The molecule has 0 heterocycles. The lowest BCUT2D eigenvalue weighted by Crippen LogP contribution is -2.44. The molecule has 0 aliphatic heterocycles. The van der Waals surface area contributed by atoms with E-state index in [1.807, 2.05) is 0 Å². The summed E-state index contributed by atoms with van der Waals surface area (Å²) in [5.74, 6) is 2.23. The van der Waals surface area contributed by atoms with E-state index in [1.165, 1.54) is 0 Å². The summed E-state index contributed by atoms with van der Waals surface area (Å²) >= 11 is 0. The van der Waals surface area contributed by atoms with Crippen molar-refractivity contribution in [3.63, 3.8) is 0 Å². The summed E-state index contributed by atoms with van der Waals surface area (Å²) in [7, 11) is 1.69. The van der Waals surface area contributed by atoms with Gasteiger partial charge < -0.3 is 15.8 Å². The molecule has 15 heavy (non-hydrogen) atoms. The van der Waals surface area contributed by atoms with Crippen molar-refractivity contribution in [3.05, 3.63) is 0 Å². The molecule has 3 unspecified atom stereocenters. The van der Waals surface area contributed by atoms with Crippen molar-refractivity contribution in [1.82, 2.24) is 5.32 Å². The standard InChI is InChI=1S/C11H18N2O2/c1-3-4-10(12)11(14)13-8-5-6-9(7-8)15-2/h1,8-10H,4-7,12H2,2H3,(H,13,14). The highest BCUT2D eigenvalue weighted by Gasteiger charge is 2.26. The molecule has 1 aliphatic carbocycles. The average molecular weight is 210 g/mol. The second kappa shape index (κ2) is 5.74. The Balaban J connectivity index is 2.30. The maximum atomic E-state index is 11.5. The number of rotatable bonds is 4. The van der Waals surface area contributed by atoms with Crippen LogP contribution in [0.3, 0.4) is 0 Å². The van der Waals surface area contributed by atoms with E-state index in [2.05, 4.69) is 11.2 Å². The van der Waals surface area contributed by atoms with Gasteiger partial charge in [-0.2, -0.15) is 0 Å². The van der Waals surface area contributed by atoms with Gasteiger partial charge in [0.25, 0.3) is 0 Å². The molecule has 0 aromatic heterocycles. The van der Waals surface area contributed by atoms with Gasteiger partial charge in [-0.25, -0.2) is 0 Å². The number of amides is 1. The predicted octanol–water partition coefficient (Wildman–Crippen LogP) is 0.0207. The van der Waals surface area contributed by atoms with Crippen molar-refractivity contribution in [1.29, 1.82) is 0 Å². The molecule has 3 N–H and O–H groups in total. The fourth-order valence-corrected chi connectivity index (χ4v) is 1.81. The van der Waals surface area contributed by atoms with Gasteiger partial charge >= 0.3 is 0 Å². The van der Waals surface area contributed by atoms with E-state index in [-0.39, 0.29) is 24.5 Å². The number of hydrogen-bond donors (Lipinski definition) is 2. The minimum Gasteiger partial charge on any atom is -0.381 e. The number of ether oxygens (including phenoxy) is 1. The van der Waals surface area contributed by atoms with E-state index in [0.717, 1.165) is 19.3 Å². The first-order chi connectivity index (χ1) is 7.17. The number of terminal acetylenes is 1. The van der Waals surface area contributed by atoms with Crippen molar-refractivity contribution in [2.24, 2.45) is 5.73 Å². The highest BCUT2D eigenvalue weighted by molar-refractivity contribution is 5.82. The Morgan fingerprint density at radius 2 is 2.47 bits per heavy atom. The Morgan fingerprint density at radius 3 is 3.00 bits per heavy atom. The molecule has 84 valence electrons. The van der Waals surface area contributed by atoms with E-state index in [0.29, 0.717) is 0 Å². The molecule has 0 aromatic rings. The fraction of sp³-hybridized carbons (Fsp3) is 0.727. The third-order valence-corrected chi connectivity index (χ3v) is 2.74. The molecule has 1 saturated carbocycles. The molecule has 4 nitrogen and oxygen atoms in total. The highest BCUT2D eigenvalue weighted by Crippen LogP contribution is 2.21. The van der Waals surface area contributed by atoms with E-state index in [9.17, 15) is 4.79 Å². The SMILES string of the molecule is C#CCC(N)C(=O)NC1CCC(OC)C1. The van der Waals surface area contributed by atoms with Gasteiger partial charge in [0.15, 0.2) is 0 Å². The Bertz CT molecular complexity index is 260. The number of nitrogens with one attached hydrogen (secondary N) is 1. The Labute approximate surface area is 90.5 Å². The van der Waals surface area contributed by atoms with Crippen LogP contribution >= 0.6 is 0 Å². The van der Waals surface area contributed by atoms with Crippen LogP contribution in [0.5, 0.6) is 0 Å². The molecule has 1 aliphatic rings. The van der Waals surface area contributed by atoms with Gasteiger partial charge in [-0.05, 0) is 19.3 Å². The summed E-state index contributed by atoms with van der Waals surface area (Å²) in [5, 5.41) is 2.89. The average Bonchev–Trinajstić information content (AvgIpc) is 2.66. The Morgan fingerprint density at radius 1 is 1.73 bits per heavy atom. The van der Waals surface area contributed by atoms with Crippen LogP contribution in [0.1, 0.15) is 25.7 Å². The first-order valence-corrected chi connectivity index (χ1v) is 5.19. The number of hydrogen-bond acceptors (Lipinski definition) is 3. The van der Waals surface area contributed by atoms with E-state index < -0.39 is 6.04 Å². The minimum absolute atomic E-state index is 0.158. The van der Waals surface area contributed by atoms with Gasteiger partial charge in [0.05, 0.1) is 12.1 Å². The first kappa shape index (κ1) is 12.0. The van der Waals surface area contributed by atoms with Gasteiger partial charge in [-0.3, -0.25) is 4.79 Å². The number of carbonyl (C=O) groups excluding carboxylic acids is 1.